The molecule has 0 aromatic heterocycles. The molecule has 0 radical (unpaired) electrons. The number of hydrogen-bond acceptors (Lipinski definition) is 1. The Bertz CT molecular complexity index is 181. The maximum Gasteiger partial charge on any atom is 0.0497 e. The predicted molar refractivity (Wildman–Crippen MR) is 41.9 cm³/mol. The van der Waals surface area contributed by atoms with Crippen LogP contribution in [0.2, 0.25) is 0 Å². The molecule has 1 rings (SSSR count). The molecule has 10 heavy (non-hydrogen) atoms. The van der Waals surface area contributed by atoms with E-state index in [-0.39, 0.29) is 12.5 Å². The lowest BCUT2D eigenvalue weighted by Crippen LogP contribution is -1.97. The van der Waals surface area contributed by atoms with E-state index in [1.54, 1.807) is 0 Å². The van der Waals surface area contributed by atoms with E-state index < -0.39 is 0 Å². The van der Waals surface area contributed by atoms with Gasteiger partial charge >= 0.3 is 0 Å². The van der Waals surface area contributed by atoms with Crippen LogP contribution in [0.4, 0.5) is 0 Å². The molecule has 1 nitrogen and oxygen atoms in total. The minimum absolute atomic E-state index is 0.226. The molecule has 0 aliphatic carbocycles. The fraction of sp³-hybridized carbons (Fsp3) is 0.333. The van der Waals surface area contributed by atoms with Crippen molar-refractivity contribution in [1.29, 1.82) is 0 Å². The van der Waals surface area contributed by atoms with E-state index in [2.05, 4.69) is 0 Å². The first-order valence-corrected chi connectivity index (χ1v) is 3.50. The summed E-state index contributed by atoms with van der Waals surface area (Å²) in [6, 6.07) is 10.0. The summed E-state index contributed by atoms with van der Waals surface area (Å²) in [5.41, 5.74) is 1.20. The lowest BCUT2D eigenvalue weighted by Gasteiger charge is -2.05. The standard InChI is InChI=1S/C9H12O/c1-8(7-10)9-5-3-2-4-6-9/h2-6,8,10H,7H2,1H3/t8-/m0/s1. The van der Waals surface area contributed by atoms with Gasteiger partial charge < -0.3 is 5.11 Å². The number of aliphatic hydroxyl groups is 1. The second-order valence-corrected chi connectivity index (χ2v) is 2.49. The quantitative estimate of drug-likeness (QED) is 0.657. The molecule has 1 N–H and O–H groups in total. The van der Waals surface area contributed by atoms with Crippen molar-refractivity contribution in [3.63, 3.8) is 0 Å². The topological polar surface area (TPSA) is 20.2 Å². The Balaban J connectivity index is 2.75. The molecular formula is C9H12O. The first-order valence-electron chi connectivity index (χ1n) is 3.50. The van der Waals surface area contributed by atoms with Gasteiger partial charge in [-0.05, 0) is 5.56 Å². The van der Waals surface area contributed by atoms with E-state index in [0.717, 1.165) is 0 Å². The summed E-state index contributed by atoms with van der Waals surface area (Å²) in [5, 5.41) is 8.79. The van der Waals surface area contributed by atoms with Crippen molar-refractivity contribution in [3.8, 4) is 0 Å². The van der Waals surface area contributed by atoms with Gasteiger partial charge in [0.1, 0.15) is 0 Å². The average molecular weight is 136 g/mol. The molecule has 0 bridgehead atoms. The number of benzene rings is 1. The maximum atomic E-state index is 8.79. The summed E-state index contributed by atoms with van der Waals surface area (Å²) in [6.07, 6.45) is 0. The van der Waals surface area contributed by atoms with Gasteiger partial charge in [-0.15, -0.1) is 0 Å². The van der Waals surface area contributed by atoms with Gasteiger partial charge in [0.15, 0.2) is 0 Å². The van der Waals surface area contributed by atoms with Crippen molar-refractivity contribution in [2.45, 2.75) is 12.8 Å². The fourth-order valence-corrected chi connectivity index (χ4v) is 0.887. The van der Waals surface area contributed by atoms with Gasteiger partial charge in [-0.3, -0.25) is 0 Å². The van der Waals surface area contributed by atoms with Crippen LogP contribution in [-0.2, 0) is 0 Å². The Kier molecular flexibility index (Phi) is 2.46. The first kappa shape index (κ1) is 7.29. The fourth-order valence-electron chi connectivity index (χ4n) is 0.887. The molecule has 0 fully saturated rings. The van der Waals surface area contributed by atoms with E-state index in [4.69, 9.17) is 5.11 Å². The van der Waals surface area contributed by atoms with E-state index in [1.165, 1.54) is 5.56 Å². The van der Waals surface area contributed by atoms with Crippen LogP contribution >= 0.6 is 0 Å². The molecule has 1 aromatic rings. The van der Waals surface area contributed by atoms with Crippen molar-refractivity contribution < 1.29 is 5.11 Å². The van der Waals surface area contributed by atoms with Crippen LogP contribution in [-0.4, -0.2) is 11.7 Å². The van der Waals surface area contributed by atoms with Gasteiger partial charge in [-0.25, -0.2) is 0 Å². The number of aliphatic hydroxyl groups excluding tert-OH is 1. The van der Waals surface area contributed by atoms with Crippen molar-refractivity contribution in [2.75, 3.05) is 6.61 Å². The van der Waals surface area contributed by atoms with Gasteiger partial charge in [-0.1, -0.05) is 37.3 Å². The zero-order chi connectivity index (χ0) is 7.40. The highest BCUT2D eigenvalue weighted by Crippen LogP contribution is 2.12. The Hall–Kier alpha value is -0.820. The molecule has 0 amide bonds. The summed E-state index contributed by atoms with van der Waals surface area (Å²) in [6.45, 7) is 2.24. The number of hydrogen-bond donors (Lipinski definition) is 1. The summed E-state index contributed by atoms with van der Waals surface area (Å²) < 4.78 is 0. The zero-order valence-electron chi connectivity index (χ0n) is 6.12. The van der Waals surface area contributed by atoms with Crippen molar-refractivity contribution in [3.05, 3.63) is 35.9 Å². The molecule has 0 saturated carbocycles. The molecule has 0 aliphatic heterocycles. The van der Waals surface area contributed by atoms with Crippen LogP contribution < -0.4 is 0 Å². The van der Waals surface area contributed by atoms with Crippen LogP contribution in [0.3, 0.4) is 0 Å². The normalized spacial score (nSPS) is 13.0. The van der Waals surface area contributed by atoms with E-state index in [9.17, 15) is 0 Å². The van der Waals surface area contributed by atoms with Gasteiger partial charge in [0, 0.05) is 12.5 Å². The SMILES string of the molecule is C[C@@H](CO)c1ccccc1. The minimum atomic E-state index is 0.226. The first-order chi connectivity index (χ1) is 4.84. The number of rotatable bonds is 2. The Morgan fingerprint density at radius 2 is 1.90 bits per heavy atom. The molecule has 0 saturated heterocycles. The summed E-state index contributed by atoms with van der Waals surface area (Å²) >= 11 is 0. The highest BCUT2D eigenvalue weighted by molar-refractivity contribution is 5.18. The molecule has 54 valence electrons. The van der Waals surface area contributed by atoms with E-state index in [0.29, 0.717) is 0 Å². The Labute approximate surface area is 61.3 Å². The summed E-state index contributed by atoms with van der Waals surface area (Å²) in [4.78, 5) is 0. The molecular weight excluding hydrogens is 124 g/mol. The maximum absolute atomic E-state index is 8.79. The van der Waals surface area contributed by atoms with Crippen LogP contribution in [0.1, 0.15) is 18.4 Å². The lowest BCUT2D eigenvalue weighted by atomic mass is 10.0. The van der Waals surface area contributed by atoms with Crippen LogP contribution in [0.25, 0.3) is 0 Å². The second-order valence-electron chi connectivity index (χ2n) is 2.49. The average Bonchev–Trinajstić information content (AvgIpc) is 2.05. The largest absolute Gasteiger partial charge is 0.396 e. The van der Waals surface area contributed by atoms with Gasteiger partial charge in [-0.2, -0.15) is 0 Å². The minimum Gasteiger partial charge on any atom is -0.396 e. The Morgan fingerprint density at radius 3 is 2.40 bits per heavy atom. The summed E-state index contributed by atoms with van der Waals surface area (Å²) in [7, 11) is 0. The monoisotopic (exact) mass is 136 g/mol. The zero-order valence-corrected chi connectivity index (χ0v) is 6.12. The highest BCUT2D eigenvalue weighted by atomic mass is 16.3. The molecule has 1 heteroatoms. The molecule has 1 aromatic carbocycles. The van der Waals surface area contributed by atoms with Gasteiger partial charge in [0.2, 0.25) is 0 Å². The molecule has 0 spiro atoms. The van der Waals surface area contributed by atoms with E-state index in [1.807, 2.05) is 37.3 Å². The highest BCUT2D eigenvalue weighted by Gasteiger charge is 2.00. The van der Waals surface area contributed by atoms with Crippen molar-refractivity contribution in [1.82, 2.24) is 0 Å². The van der Waals surface area contributed by atoms with Gasteiger partial charge in [0.25, 0.3) is 0 Å². The molecule has 0 unspecified atom stereocenters. The molecule has 0 aliphatic rings. The Morgan fingerprint density at radius 1 is 1.30 bits per heavy atom. The lowest BCUT2D eigenvalue weighted by molar-refractivity contribution is 0.273. The third-order valence-corrected chi connectivity index (χ3v) is 1.64. The third-order valence-electron chi connectivity index (χ3n) is 1.64. The third kappa shape index (κ3) is 1.58. The second kappa shape index (κ2) is 3.37. The smallest absolute Gasteiger partial charge is 0.0497 e. The van der Waals surface area contributed by atoms with E-state index >= 15 is 0 Å². The molecule has 1 atom stereocenters. The molecule has 0 heterocycles. The van der Waals surface area contributed by atoms with Crippen LogP contribution in [0.15, 0.2) is 30.3 Å². The van der Waals surface area contributed by atoms with Crippen LogP contribution in [0, 0.1) is 0 Å². The van der Waals surface area contributed by atoms with Crippen LogP contribution in [0.5, 0.6) is 0 Å². The predicted octanol–water partition coefficient (Wildman–Crippen LogP) is 1.78. The van der Waals surface area contributed by atoms with Crippen molar-refractivity contribution >= 4 is 0 Å². The van der Waals surface area contributed by atoms with Gasteiger partial charge in [0.05, 0.1) is 0 Å². The van der Waals surface area contributed by atoms with Crippen molar-refractivity contribution in [2.24, 2.45) is 0 Å². The summed E-state index contributed by atoms with van der Waals surface area (Å²) in [5.74, 6) is 0.265.